The number of benzene rings is 3. The zero-order valence-corrected chi connectivity index (χ0v) is 22.6. The molecule has 2 saturated heterocycles. The SMILES string of the molecule is COc1cc(CN2CC(C(=O)N3CCN(Cc4ccccc4)CC3)CCC2c2ccccc2)cc(OC)c1. The zero-order valence-electron chi connectivity index (χ0n) is 22.6. The fourth-order valence-electron chi connectivity index (χ4n) is 5.89. The average molecular weight is 514 g/mol. The first kappa shape index (κ1) is 26.3. The van der Waals surface area contributed by atoms with Gasteiger partial charge in [0.2, 0.25) is 5.91 Å². The standard InChI is InChI=1S/C32H39N3O3/c1-37-29-19-26(20-30(21-29)38-2)23-35-24-28(13-14-31(35)27-11-7-4-8-12-27)32(36)34-17-15-33(16-18-34)22-25-9-5-3-6-10-25/h3-12,19-21,28,31H,13-18,22-24H2,1-2H3. The molecule has 3 aromatic carbocycles. The number of methoxy groups -OCH3 is 2. The van der Waals surface area contributed by atoms with E-state index in [-0.39, 0.29) is 12.0 Å². The molecule has 2 heterocycles. The Labute approximate surface area is 226 Å². The molecule has 2 unspecified atom stereocenters. The van der Waals surface area contributed by atoms with E-state index >= 15 is 0 Å². The van der Waals surface area contributed by atoms with Gasteiger partial charge in [-0.3, -0.25) is 14.6 Å². The fraction of sp³-hybridized carbons (Fsp3) is 0.406. The monoisotopic (exact) mass is 513 g/mol. The van der Waals surface area contributed by atoms with Gasteiger partial charge in [0.25, 0.3) is 0 Å². The van der Waals surface area contributed by atoms with Crippen LogP contribution in [-0.4, -0.2) is 67.6 Å². The van der Waals surface area contributed by atoms with E-state index in [1.807, 2.05) is 6.07 Å². The summed E-state index contributed by atoms with van der Waals surface area (Å²) in [6.07, 6.45) is 1.88. The molecule has 0 aromatic heterocycles. The van der Waals surface area contributed by atoms with Crippen molar-refractivity contribution >= 4 is 5.91 Å². The van der Waals surface area contributed by atoms with E-state index in [1.54, 1.807) is 14.2 Å². The smallest absolute Gasteiger partial charge is 0.227 e. The third kappa shape index (κ3) is 6.37. The third-order valence-corrected chi connectivity index (χ3v) is 7.95. The van der Waals surface area contributed by atoms with E-state index in [2.05, 4.69) is 87.5 Å². The second-order valence-electron chi connectivity index (χ2n) is 10.4. The second-order valence-corrected chi connectivity index (χ2v) is 10.4. The Morgan fingerprint density at radius 3 is 2.03 bits per heavy atom. The molecule has 0 N–H and O–H groups in total. The average Bonchev–Trinajstić information content (AvgIpc) is 2.98. The van der Waals surface area contributed by atoms with Crippen LogP contribution in [-0.2, 0) is 17.9 Å². The van der Waals surface area contributed by atoms with Crippen molar-refractivity contribution in [2.75, 3.05) is 46.9 Å². The number of hydrogen-bond donors (Lipinski definition) is 0. The minimum atomic E-state index is 0.0168. The van der Waals surface area contributed by atoms with Gasteiger partial charge in [0.15, 0.2) is 0 Å². The van der Waals surface area contributed by atoms with Crippen molar-refractivity contribution in [3.63, 3.8) is 0 Å². The molecule has 200 valence electrons. The molecule has 0 spiro atoms. The lowest BCUT2D eigenvalue weighted by atomic mass is 9.87. The number of hydrogen-bond acceptors (Lipinski definition) is 5. The fourth-order valence-corrected chi connectivity index (χ4v) is 5.89. The predicted octanol–water partition coefficient (Wildman–Crippen LogP) is 5.00. The Morgan fingerprint density at radius 1 is 0.763 bits per heavy atom. The normalized spacial score (nSPS) is 20.7. The van der Waals surface area contributed by atoms with Crippen molar-refractivity contribution in [2.24, 2.45) is 5.92 Å². The number of carbonyl (C=O) groups is 1. The molecule has 0 aliphatic carbocycles. The summed E-state index contributed by atoms with van der Waals surface area (Å²) in [4.78, 5) is 20.7. The van der Waals surface area contributed by atoms with Crippen LogP contribution in [0, 0.1) is 5.92 Å². The van der Waals surface area contributed by atoms with Crippen LogP contribution in [0.15, 0.2) is 78.9 Å². The van der Waals surface area contributed by atoms with Crippen LogP contribution >= 0.6 is 0 Å². The molecule has 38 heavy (non-hydrogen) atoms. The lowest BCUT2D eigenvalue weighted by molar-refractivity contribution is -0.140. The maximum Gasteiger partial charge on any atom is 0.227 e. The Kier molecular flexibility index (Phi) is 8.61. The minimum Gasteiger partial charge on any atom is -0.497 e. The van der Waals surface area contributed by atoms with E-state index in [4.69, 9.17) is 9.47 Å². The topological polar surface area (TPSA) is 45.2 Å². The van der Waals surface area contributed by atoms with Crippen molar-refractivity contribution in [3.05, 3.63) is 95.6 Å². The number of carbonyl (C=O) groups excluding carboxylic acids is 1. The highest BCUT2D eigenvalue weighted by atomic mass is 16.5. The van der Waals surface area contributed by atoms with Gasteiger partial charge < -0.3 is 14.4 Å². The highest BCUT2D eigenvalue weighted by Crippen LogP contribution is 2.36. The summed E-state index contributed by atoms with van der Waals surface area (Å²) in [6, 6.07) is 27.6. The van der Waals surface area contributed by atoms with E-state index < -0.39 is 0 Å². The highest BCUT2D eigenvalue weighted by molar-refractivity contribution is 5.79. The van der Waals surface area contributed by atoms with Crippen LogP contribution in [0.25, 0.3) is 0 Å². The van der Waals surface area contributed by atoms with Crippen molar-refractivity contribution < 1.29 is 14.3 Å². The number of piperidine rings is 1. The number of nitrogens with zero attached hydrogens (tertiary/aromatic N) is 3. The molecule has 6 nitrogen and oxygen atoms in total. The lowest BCUT2D eigenvalue weighted by Gasteiger charge is -2.42. The molecule has 3 aromatic rings. The first-order chi connectivity index (χ1) is 18.6. The van der Waals surface area contributed by atoms with Crippen molar-refractivity contribution in [2.45, 2.75) is 32.0 Å². The van der Waals surface area contributed by atoms with Crippen LogP contribution in [0.4, 0.5) is 0 Å². The van der Waals surface area contributed by atoms with Gasteiger partial charge in [0.1, 0.15) is 11.5 Å². The molecular weight excluding hydrogens is 474 g/mol. The molecular formula is C32H39N3O3. The van der Waals surface area contributed by atoms with E-state index in [0.717, 1.165) is 75.7 Å². The molecule has 2 fully saturated rings. The number of piperazine rings is 1. The summed E-state index contributed by atoms with van der Waals surface area (Å²) < 4.78 is 11.0. The summed E-state index contributed by atoms with van der Waals surface area (Å²) in [7, 11) is 3.36. The van der Waals surface area contributed by atoms with Gasteiger partial charge in [-0.1, -0.05) is 60.7 Å². The Bertz CT molecular complexity index is 1160. The highest BCUT2D eigenvalue weighted by Gasteiger charge is 2.35. The van der Waals surface area contributed by atoms with Gasteiger partial charge in [-0.25, -0.2) is 0 Å². The lowest BCUT2D eigenvalue weighted by Crippen LogP contribution is -2.52. The summed E-state index contributed by atoms with van der Waals surface area (Å²) in [6.45, 7) is 5.89. The zero-order chi connectivity index (χ0) is 26.3. The van der Waals surface area contributed by atoms with Crippen molar-refractivity contribution in [3.8, 4) is 11.5 Å². The third-order valence-electron chi connectivity index (χ3n) is 7.95. The molecule has 1 amide bonds. The maximum atomic E-state index is 13.7. The summed E-state index contributed by atoms with van der Waals surface area (Å²) in [5.74, 6) is 1.90. The van der Waals surface area contributed by atoms with Crippen molar-refractivity contribution in [1.29, 1.82) is 0 Å². The molecule has 2 atom stereocenters. The largest absolute Gasteiger partial charge is 0.497 e. The number of amides is 1. The van der Waals surface area contributed by atoms with Gasteiger partial charge >= 0.3 is 0 Å². The molecule has 0 radical (unpaired) electrons. The maximum absolute atomic E-state index is 13.7. The predicted molar refractivity (Wildman–Crippen MR) is 150 cm³/mol. The number of ether oxygens (including phenoxy) is 2. The first-order valence-corrected chi connectivity index (χ1v) is 13.7. The van der Waals surface area contributed by atoms with Gasteiger partial charge in [-0.2, -0.15) is 0 Å². The Hall–Kier alpha value is -3.35. The Balaban J connectivity index is 1.26. The summed E-state index contributed by atoms with van der Waals surface area (Å²) >= 11 is 0. The summed E-state index contributed by atoms with van der Waals surface area (Å²) in [5.41, 5.74) is 3.77. The molecule has 2 aliphatic rings. The van der Waals surface area contributed by atoms with E-state index in [9.17, 15) is 4.79 Å². The van der Waals surface area contributed by atoms with Crippen molar-refractivity contribution in [1.82, 2.24) is 14.7 Å². The molecule has 6 heteroatoms. The quantitative estimate of drug-likeness (QED) is 0.424. The molecule has 0 bridgehead atoms. The Morgan fingerprint density at radius 2 is 1.39 bits per heavy atom. The first-order valence-electron chi connectivity index (χ1n) is 13.7. The molecule has 5 rings (SSSR count). The minimum absolute atomic E-state index is 0.0168. The number of rotatable bonds is 8. The van der Waals surface area contributed by atoms with Crippen LogP contribution in [0.5, 0.6) is 11.5 Å². The van der Waals surface area contributed by atoms with Gasteiger partial charge in [0, 0.05) is 57.9 Å². The molecule has 2 aliphatic heterocycles. The van der Waals surface area contributed by atoms with E-state index in [1.165, 1.54) is 11.1 Å². The van der Waals surface area contributed by atoms with Crippen LogP contribution in [0.3, 0.4) is 0 Å². The van der Waals surface area contributed by atoms with Gasteiger partial charge in [-0.15, -0.1) is 0 Å². The number of likely N-dealkylation sites (tertiary alicyclic amines) is 1. The molecule has 0 saturated carbocycles. The van der Waals surface area contributed by atoms with Gasteiger partial charge in [-0.05, 0) is 41.7 Å². The second kappa shape index (κ2) is 12.5. The van der Waals surface area contributed by atoms with Crippen LogP contribution in [0.2, 0.25) is 0 Å². The van der Waals surface area contributed by atoms with Crippen LogP contribution in [0.1, 0.15) is 35.6 Å². The van der Waals surface area contributed by atoms with Gasteiger partial charge in [0.05, 0.1) is 20.1 Å². The van der Waals surface area contributed by atoms with Crippen LogP contribution < -0.4 is 9.47 Å². The summed E-state index contributed by atoms with van der Waals surface area (Å²) in [5, 5.41) is 0. The van der Waals surface area contributed by atoms with E-state index in [0.29, 0.717) is 5.91 Å².